The van der Waals surface area contributed by atoms with Gasteiger partial charge in [0.05, 0.1) is 0 Å². The minimum atomic E-state index is -0.726. The molecule has 0 rings (SSSR count). The van der Waals surface area contributed by atoms with Gasteiger partial charge in [0.2, 0.25) is 0 Å². The predicted molar refractivity (Wildman–Crippen MR) is 53.6 cm³/mol. The fraction of sp³-hybridized carbons (Fsp3) is 0.889. The van der Waals surface area contributed by atoms with Crippen molar-refractivity contribution in [3.05, 3.63) is 0 Å². The molecule has 72 valence electrons. The summed E-state index contributed by atoms with van der Waals surface area (Å²) in [5.41, 5.74) is 0. The standard InChI is InChI=1S/C9H18O2S/c1-7(2)5-6-12-9(3,4)8(10)11/h7H,5-6H2,1-4H3,(H,10,11). The summed E-state index contributed by atoms with van der Waals surface area (Å²) in [6.45, 7) is 7.79. The van der Waals surface area contributed by atoms with Gasteiger partial charge in [0, 0.05) is 0 Å². The van der Waals surface area contributed by atoms with Gasteiger partial charge in [-0.25, -0.2) is 0 Å². The van der Waals surface area contributed by atoms with Gasteiger partial charge in [-0.05, 0) is 31.9 Å². The monoisotopic (exact) mass is 190 g/mol. The molecule has 0 unspecified atom stereocenters. The summed E-state index contributed by atoms with van der Waals surface area (Å²) in [4.78, 5) is 10.7. The predicted octanol–water partition coefficient (Wildman–Crippen LogP) is 2.63. The lowest BCUT2D eigenvalue weighted by molar-refractivity contribution is -0.138. The Morgan fingerprint density at radius 1 is 1.50 bits per heavy atom. The Hall–Kier alpha value is -0.180. The van der Waals surface area contributed by atoms with Crippen LogP contribution in [0.3, 0.4) is 0 Å². The summed E-state index contributed by atoms with van der Waals surface area (Å²) in [7, 11) is 0. The number of rotatable bonds is 5. The van der Waals surface area contributed by atoms with Crippen LogP contribution in [0.25, 0.3) is 0 Å². The Morgan fingerprint density at radius 3 is 2.33 bits per heavy atom. The van der Waals surface area contributed by atoms with E-state index in [1.54, 1.807) is 13.8 Å². The van der Waals surface area contributed by atoms with Gasteiger partial charge in [-0.2, -0.15) is 0 Å². The first-order chi connectivity index (χ1) is 5.36. The molecule has 0 aromatic heterocycles. The first-order valence-electron chi connectivity index (χ1n) is 4.23. The highest BCUT2D eigenvalue weighted by Gasteiger charge is 2.26. The molecule has 0 aromatic carbocycles. The Morgan fingerprint density at radius 2 is 2.00 bits per heavy atom. The van der Waals surface area contributed by atoms with Gasteiger partial charge in [-0.1, -0.05) is 13.8 Å². The molecule has 3 heteroatoms. The summed E-state index contributed by atoms with van der Waals surface area (Å²) in [6.07, 6.45) is 1.08. The topological polar surface area (TPSA) is 37.3 Å². The van der Waals surface area contributed by atoms with Crippen LogP contribution >= 0.6 is 11.8 Å². The highest BCUT2D eigenvalue weighted by atomic mass is 32.2. The van der Waals surface area contributed by atoms with Crippen molar-refractivity contribution in [2.45, 2.75) is 38.9 Å². The van der Waals surface area contributed by atoms with Gasteiger partial charge >= 0.3 is 5.97 Å². The van der Waals surface area contributed by atoms with Crippen LogP contribution in [0.4, 0.5) is 0 Å². The molecule has 2 nitrogen and oxygen atoms in total. The van der Waals surface area contributed by atoms with E-state index in [0.29, 0.717) is 5.92 Å². The number of carboxylic acid groups (broad SMARTS) is 1. The second-order valence-electron chi connectivity index (χ2n) is 3.85. The van der Waals surface area contributed by atoms with E-state index in [1.165, 1.54) is 11.8 Å². The highest BCUT2D eigenvalue weighted by Crippen LogP contribution is 2.26. The molecule has 0 aliphatic carbocycles. The number of carbonyl (C=O) groups is 1. The van der Waals surface area contributed by atoms with E-state index in [4.69, 9.17) is 5.11 Å². The molecule has 0 aromatic rings. The zero-order valence-corrected chi connectivity index (χ0v) is 9.07. The molecule has 0 bridgehead atoms. The van der Waals surface area contributed by atoms with Crippen molar-refractivity contribution in [2.75, 3.05) is 5.75 Å². The second-order valence-corrected chi connectivity index (χ2v) is 5.56. The maximum Gasteiger partial charge on any atom is 0.319 e. The fourth-order valence-corrected chi connectivity index (χ4v) is 1.83. The minimum Gasteiger partial charge on any atom is -0.480 e. The smallest absolute Gasteiger partial charge is 0.319 e. The molecule has 0 aliphatic heterocycles. The minimum absolute atomic E-state index is 0.630. The van der Waals surface area contributed by atoms with E-state index in [2.05, 4.69) is 13.8 Å². The number of aliphatic carboxylic acids is 1. The van der Waals surface area contributed by atoms with Crippen molar-refractivity contribution in [3.8, 4) is 0 Å². The third-order valence-electron chi connectivity index (χ3n) is 1.67. The SMILES string of the molecule is CC(C)CCSC(C)(C)C(=O)O. The lowest BCUT2D eigenvalue weighted by atomic mass is 10.2. The summed E-state index contributed by atoms with van der Waals surface area (Å²) in [5.74, 6) is 0.857. The zero-order chi connectivity index (χ0) is 9.78. The average molecular weight is 190 g/mol. The van der Waals surface area contributed by atoms with Crippen LogP contribution in [0.1, 0.15) is 34.1 Å². The van der Waals surface area contributed by atoms with Crippen molar-refractivity contribution < 1.29 is 9.90 Å². The average Bonchev–Trinajstić information content (AvgIpc) is 1.85. The van der Waals surface area contributed by atoms with Gasteiger partial charge in [0.25, 0.3) is 0 Å². The maximum atomic E-state index is 10.7. The van der Waals surface area contributed by atoms with Gasteiger partial charge < -0.3 is 5.11 Å². The van der Waals surface area contributed by atoms with E-state index in [0.717, 1.165) is 12.2 Å². The van der Waals surface area contributed by atoms with Crippen molar-refractivity contribution in [3.63, 3.8) is 0 Å². The van der Waals surface area contributed by atoms with E-state index >= 15 is 0 Å². The third kappa shape index (κ3) is 4.65. The lowest BCUT2D eigenvalue weighted by Gasteiger charge is -2.18. The van der Waals surface area contributed by atoms with Gasteiger partial charge in [0.15, 0.2) is 0 Å². The van der Waals surface area contributed by atoms with Crippen LogP contribution < -0.4 is 0 Å². The lowest BCUT2D eigenvalue weighted by Crippen LogP contribution is -2.27. The van der Waals surface area contributed by atoms with E-state index in [-0.39, 0.29) is 0 Å². The van der Waals surface area contributed by atoms with E-state index in [9.17, 15) is 4.79 Å². The molecule has 0 saturated heterocycles. The first-order valence-corrected chi connectivity index (χ1v) is 5.22. The van der Waals surface area contributed by atoms with Crippen molar-refractivity contribution in [2.24, 2.45) is 5.92 Å². The van der Waals surface area contributed by atoms with Crippen LogP contribution in [0, 0.1) is 5.92 Å². The number of hydrogen-bond donors (Lipinski definition) is 1. The number of hydrogen-bond acceptors (Lipinski definition) is 2. The molecular weight excluding hydrogens is 172 g/mol. The normalized spacial score (nSPS) is 12.1. The van der Waals surface area contributed by atoms with Crippen molar-refractivity contribution in [1.29, 1.82) is 0 Å². The molecule has 0 spiro atoms. The largest absolute Gasteiger partial charge is 0.480 e. The molecule has 0 saturated carbocycles. The summed E-state index contributed by atoms with van der Waals surface area (Å²) >= 11 is 1.52. The van der Waals surface area contributed by atoms with Crippen molar-refractivity contribution >= 4 is 17.7 Å². The molecule has 0 atom stereocenters. The zero-order valence-electron chi connectivity index (χ0n) is 8.26. The Labute approximate surface area is 78.7 Å². The molecule has 0 aliphatic rings. The van der Waals surface area contributed by atoms with Crippen LogP contribution in [-0.4, -0.2) is 21.6 Å². The Bertz CT molecular complexity index is 153. The Balaban J connectivity index is 3.69. The molecule has 0 heterocycles. The van der Waals surface area contributed by atoms with E-state index in [1.807, 2.05) is 0 Å². The number of thioether (sulfide) groups is 1. The molecule has 0 amide bonds. The molecule has 0 fully saturated rings. The molecular formula is C9H18O2S. The quantitative estimate of drug-likeness (QED) is 0.724. The first kappa shape index (κ1) is 11.8. The summed E-state index contributed by atoms with van der Waals surface area (Å²) in [6, 6.07) is 0. The van der Waals surface area contributed by atoms with Crippen LogP contribution in [-0.2, 0) is 4.79 Å². The van der Waals surface area contributed by atoms with Gasteiger partial charge in [-0.15, -0.1) is 11.8 Å². The Kier molecular flexibility index (Phi) is 4.68. The fourth-order valence-electron chi connectivity index (χ4n) is 0.612. The van der Waals surface area contributed by atoms with Gasteiger partial charge in [-0.3, -0.25) is 4.79 Å². The van der Waals surface area contributed by atoms with Crippen LogP contribution in [0.2, 0.25) is 0 Å². The maximum absolute atomic E-state index is 10.7. The second kappa shape index (κ2) is 4.75. The van der Waals surface area contributed by atoms with Crippen molar-refractivity contribution in [1.82, 2.24) is 0 Å². The third-order valence-corrected chi connectivity index (χ3v) is 3.01. The van der Waals surface area contributed by atoms with E-state index < -0.39 is 10.7 Å². The van der Waals surface area contributed by atoms with Crippen LogP contribution in [0.15, 0.2) is 0 Å². The molecule has 0 radical (unpaired) electrons. The molecule has 12 heavy (non-hydrogen) atoms. The highest BCUT2D eigenvalue weighted by molar-refractivity contribution is 8.01. The van der Waals surface area contributed by atoms with Gasteiger partial charge in [0.1, 0.15) is 4.75 Å². The molecule has 1 N–H and O–H groups in total. The summed E-state index contributed by atoms with van der Waals surface area (Å²) < 4.78 is -0.630. The van der Waals surface area contributed by atoms with Crippen LogP contribution in [0.5, 0.6) is 0 Å². The summed E-state index contributed by atoms with van der Waals surface area (Å²) in [5, 5.41) is 8.79. The number of carboxylic acids is 1.